The summed E-state index contributed by atoms with van der Waals surface area (Å²) >= 11 is 0. The molecule has 2 rings (SSSR count). The van der Waals surface area contributed by atoms with Gasteiger partial charge in [-0.3, -0.25) is 0 Å². The van der Waals surface area contributed by atoms with Gasteiger partial charge in [0.1, 0.15) is 11.5 Å². The fourth-order valence-corrected chi connectivity index (χ4v) is 1.93. The summed E-state index contributed by atoms with van der Waals surface area (Å²) in [4.78, 5) is 0. The van der Waals surface area contributed by atoms with Crippen LogP contribution in [0.4, 0.5) is 0 Å². The van der Waals surface area contributed by atoms with E-state index in [0.717, 1.165) is 27.8 Å². The van der Waals surface area contributed by atoms with Crippen molar-refractivity contribution in [3.8, 4) is 22.6 Å². The minimum Gasteiger partial charge on any atom is -0.508 e. The van der Waals surface area contributed by atoms with E-state index in [2.05, 4.69) is 0 Å². The van der Waals surface area contributed by atoms with Gasteiger partial charge in [-0.25, -0.2) is 0 Å². The van der Waals surface area contributed by atoms with Crippen LogP contribution in [-0.4, -0.2) is 10.2 Å². The summed E-state index contributed by atoms with van der Waals surface area (Å²) in [5.74, 6) is 0.572. The molecule has 2 nitrogen and oxygen atoms in total. The van der Waals surface area contributed by atoms with Gasteiger partial charge in [0, 0.05) is 0 Å². The molecular weight excluding hydrogens is 212 g/mol. The van der Waals surface area contributed by atoms with E-state index in [1.54, 1.807) is 12.1 Å². The summed E-state index contributed by atoms with van der Waals surface area (Å²) in [6.07, 6.45) is 0. The van der Waals surface area contributed by atoms with Crippen LogP contribution in [0.3, 0.4) is 0 Å². The number of hydrogen-bond acceptors (Lipinski definition) is 2. The third-order valence-corrected chi connectivity index (χ3v) is 3.26. The van der Waals surface area contributed by atoms with Crippen LogP contribution < -0.4 is 0 Å². The smallest absolute Gasteiger partial charge is 0.119 e. The first-order valence-electron chi connectivity index (χ1n) is 5.60. The molecule has 2 N–H and O–H groups in total. The fraction of sp³-hybridized carbons (Fsp3) is 0.200. The molecule has 0 saturated heterocycles. The second-order valence-corrected chi connectivity index (χ2v) is 4.39. The van der Waals surface area contributed by atoms with Crippen molar-refractivity contribution in [1.82, 2.24) is 0 Å². The number of rotatable bonds is 1. The van der Waals surface area contributed by atoms with E-state index in [4.69, 9.17) is 0 Å². The van der Waals surface area contributed by atoms with E-state index in [-0.39, 0.29) is 5.75 Å². The summed E-state index contributed by atoms with van der Waals surface area (Å²) in [6.45, 7) is 5.73. The van der Waals surface area contributed by atoms with Crippen LogP contribution in [0, 0.1) is 20.8 Å². The Morgan fingerprint density at radius 3 is 2.18 bits per heavy atom. The quantitative estimate of drug-likeness (QED) is 0.781. The lowest BCUT2D eigenvalue weighted by Crippen LogP contribution is -1.88. The molecule has 2 heteroatoms. The third-order valence-electron chi connectivity index (χ3n) is 3.26. The molecule has 2 aromatic rings. The Bertz CT molecular complexity index is 548. The summed E-state index contributed by atoms with van der Waals surface area (Å²) in [7, 11) is 0. The number of aromatic hydroxyl groups is 2. The lowest BCUT2D eigenvalue weighted by molar-refractivity contribution is 0.469. The van der Waals surface area contributed by atoms with E-state index < -0.39 is 0 Å². The highest BCUT2D eigenvalue weighted by atomic mass is 16.3. The van der Waals surface area contributed by atoms with Crippen molar-refractivity contribution >= 4 is 0 Å². The molecule has 88 valence electrons. The molecular formula is C15H16O2. The molecule has 0 unspecified atom stereocenters. The zero-order valence-corrected chi connectivity index (χ0v) is 10.3. The normalized spacial score (nSPS) is 10.5. The van der Waals surface area contributed by atoms with Crippen molar-refractivity contribution in [1.29, 1.82) is 0 Å². The first kappa shape index (κ1) is 11.5. The Morgan fingerprint density at radius 1 is 0.824 bits per heavy atom. The van der Waals surface area contributed by atoms with Gasteiger partial charge in [-0.15, -0.1) is 0 Å². The monoisotopic (exact) mass is 228 g/mol. The van der Waals surface area contributed by atoms with E-state index >= 15 is 0 Å². The molecule has 0 bridgehead atoms. The molecule has 0 spiro atoms. The van der Waals surface area contributed by atoms with E-state index in [1.165, 1.54) is 0 Å². The van der Waals surface area contributed by atoms with Crippen LogP contribution in [-0.2, 0) is 0 Å². The van der Waals surface area contributed by atoms with Gasteiger partial charge in [-0.2, -0.15) is 0 Å². The molecule has 0 atom stereocenters. The van der Waals surface area contributed by atoms with Gasteiger partial charge < -0.3 is 10.2 Å². The number of benzene rings is 2. The Labute approximate surface area is 101 Å². The van der Waals surface area contributed by atoms with Crippen molar-refractivity contribution in [2.45, 2.75) is 20.8 Å². The molecule has 0 aliphatic heterocycles. The van der Waals surface area contributed by atoms with Crippen molar-refractivity contribution < 1.29 is 10.2 Å². The Morgan fingerprint density at radius 2 is 1.53 bits per heavy atom. The van der Waals surface area contributed by atoms with Crippen LogP contribution in [0.25, 0.3) is 11.1 Å². The number of phenolic OH excluding ortho intramolecular Hbond substituents is 2. The summed E-state index contributed by atoms with van der Waals surface area (Å²) in [5, 5.41) is 19.5. The maximum atomic E-state index is 9.84. The average molecular weight is 228 g/mol. The molecule has 0 aliphatic rings. The highest BCUT2D eigenvalue weighted by Gasteiger charge is 2.08. The average Bonchev–Trinajstić information content (AvgIpc) is 2.29. The SMILES string of the molecule is Cc1cc(-c2cccc(O)c2C)cc(O)c1C. The standard InChI is InChI=1S/C15H16O2/c1-9-7-12(8-15(17)10(9)2)13-5-4-6-14(16)11(13)3/h4-8,16-17H,1-3H3. The zero-order chi connectivity index (χ0) is 12.6. The van der Waals surface area contributed by atoms with Gasteiger partial charge >= 0.3 is 0 Å². The molecule has 2 aromatic carbocycles. The fourth-order valence-electron chi connectivity index (χ4n) is 1.93. The van der Waals surface area contributed by atoms with E-state index in [0.29, 0.717) is 5.75 Å². The Balaban J connectivity index is 2.65. The molecule has 0 saturated carbocycles. The molecule has 0 amide bonds. The maximum Gasteiger partial charge on any atom is 0.119 e. The molecule has 0 heterocycles. The summed E-state index contributed by atoms with van der Waals surface area (Å²) in [6, 6.07) is 9.18. The molecule has 0 aliphatic carbocycles. The Hall–Kier alpha value is -1.96. The number of phenols is 2. The zero-order valence-electron chi connectivity index (χ0n) is 10.3. The van der Waals surface area contributed by atoms with Crippen LogP contribution >= 0.6 is 0 Å². The summed E-state index contributed by atoms with van der Waals surface area (Å²) in [5.41, 5.74) is 4.65. The van der Waals surface area contributed by atoms with Gasteiger partial charge in [0.05, 0.1) is 0 Å². The number of hydrogen-bond donors (Lipinski definition) is 2. The van der Waals surface area contributed by atoms with Gasteiger partial charge in [0.2, 0.25) is 0 Å². The lowest BCUT2D eigenvalue weighted by Gasteiger charge is -2.11. The van der Waals surface area contributed by atoms with E-state index in [9.17, 15) is 10.2 Å². The third kappa shape index (κ3) is 1.98. The molecule has 0 radical (unpaired) electrons. The predicted octanol–water partition coefficient (Wildman–Crippen LogP) is 3.69. The topological polar surface area (TPSA) is 40.5 Å². The largest absolute Gasteiger partial charge is 0.508 e. The molecule has 0 fully saturated rings. The van der Waals surface area contributed by atoms with Crippen LogP contribution in [0.1, 0.15) is 16.7 Å². The van der Waals surface area contributed by atoms with Crippen LogP contribution in [0.15, 0.2) is 30.3 Å². The van der Waals surface area contributed by atoms with Gasteiger partial charge in [0.15, 0.2) is 0 Å². The second-order valence-electron chi connectivity index (χ2n) is 4.39. The second kappa shape index (κ2) is 4.13. The summed E-state index contributed by atoms with van der Waals surface area (Å²) < 4.78 is 0. The minimum absolute atomic E-state index is 0.278. The first-order valence-corrected chi connectivity index (χ1v) is 5.60. The van der Waals surface area contributed by atoms with Crippen molar-refractivity contribution in [3.05, 3.63) is 47.0 Å². The highest BCUT2D eigenvalue weighted by molar-refractivity contribution is 5.72. The maximum absolute atomic E-state index is 9.84. The lowest BCUT2D eigenvalue weighted by atomic mass is 9.96. The van der Waals surface area contributed by atoms with Gasteiger partial charge in [-0.05, 0) is 60.7 Å². The van der Waals surface area contributed by atoms with Crippen molar-refractivity contribution in [2.75, 3.05) is 0 Å². The predicted molar refractivity (Wildman–Crippen MR) is 69.4 cm³/mol. The Kier molecular flexibility index (Phi) is 2.80. The molecule has 17 heavy (non-hydrogen) atoms. The number of aryl methyl sites for hydroxylation is 1. The van der Waals surface area contributed by atoms with Crippen LogP contribution in [0.2, 0.25) is 0 Å². The highest BCUT2D eigenvalue weighted by Crippen LogP contribution is 2.33. The minimum atomic E-state index is 0.278. The van der Waals surface area contributed by atoms with Crippen molar-refractivity contribution in [3.63, 3.8) is 0 Å². The van der Waals surface area contributed by atoms with E-state index in [1.807, 2.05) is 39.0 Å². The van der Waals surface area contributed by atoms with Crippen LogP contribution in [0.5, 0.6) is 11.5 Å². The molecule has 0 aromatic heterocycles. The van der Waals surface area contributed by atoms with Gasteiger partial charge in [-0.1, -0.05) is 18.2 Å². The first-order chi connectivity index (χ1) is 8.00. The van der Waals surface area contributed by atoms with Crippen molar-refractivity contribution in [2.24, 2.45) is 0 Å². The van der Waals surface area contributed by atoms with Gasteiger partial charge in [0.25, 0.3) is 0 Å².